The fraction of sp³-hybridized carbons (Fsp3) is 0.125. The summed E-state index contributed by atoms with van der Waals surface area (Å²) in [6, 6.07) is 36.4. The molecule has 0 unspecified atom stereocenters. The maximum atomic E-state index is 2.31. The van der Waals surface area contributed by atoms with Gasteiger partial charge in [0.25, 0.3) is 0 Å². The van der Waals surface area contributed by atoms with Crippen molar-refractivity contribution >= 4 is 32.3 Å². The molecular weight excluding hydrogens is 384 g/mol. The lowest BCUT2D eigenvalue weighted by Gasteiger charge is -2.16. The molecule has 0 saturated carbocycles. The Morgan fingerprint density at radius 3 is 1.47 bits per heavy atom. The normalized spacial score (nSPS) is 11.7. The summed E-state index contributed by atoms with van der Waals surface area (Å²) in [5.74, 6) is 0. The van der Waals surface area contributed by atoms with Crippen molar-refractivity contribution in [3.8, 4) is 22.3 Å². The van der Waals surface area contributed by atoms with Crippen molar-refractivity contribution in [2.45, 2.75) is 26.7 Å². The highest BCUT2D eigenvalue weighted by atomic mass is 14.2. The van der Waals surface area contributed by atoms with Gasteiger partial charge in [0.15, 0.2) is 0 Å². The topological polar surface area (TPSA) is 0 Å². The van der Waals surface area contributed by atoms with Crippen molar-refractivity contribution in [2.75, 3.05) is 0 Å². The number of rotatable bonds is 4. The lowest BCUT2D eigenvalue weighted by atomic mass is 9.87. The Balaban J connectivity index is 1.62. The molecule has 0 N–H and O–H groups in total. The first kappa shape index (κ1) is 19.1. The van der Waals surface area contributed by atoms with E-state index in [0.29, 0.717) is 0 Å². The van der Waals surface area contributed by atoms with Crippen molar-refractivity contribution in [2.24, 2.45) is 0 Å². The molecule has 0 nitrogen and oxygen atoms in total. The van der Waals surface area contributed by atoms with Crippen LogP contribution in [0.15, 0.2) is 97.1 Å². The van der Waals surface area contributed by atoms with E-state index in [0.717, 1.165) is 6.42 Å². The molecule has 0 saturated heterocycles. The Morgan fingerprint density at radius 2 is 0.969 bits per heavy atom. The molecule has 0 aliphatic heterocycles. The van der Waals surface area contributed by atoms with Crippen molar-refractivity contribution in [3.63, 3.8) is 0 Å². The monoisotopic (exact) mass is 410 g/mol. The van der Waals surface area contributed by atoms with Gasteiger partial charge in [-0.3, -0.25) is 0 Å². The lowest BCUT2D eigenvalue weighted by molar-refractivity contribution is 0.922. The molecule has 0 spiro atoms. The van der Waals surface area contributed by atoms with Crippen LogP contribution in [-0.4, -0.2) is 0 Å². The van der Waals surface area contributed by atoms with Gasteiger partial charge in [0.1, 0.15) is 0 Å². The number of hydrogen-bond acceptors (Lipinski definition) is 0. The van der Waals surface area contributed by atoms with Crippen molar-refractivity contribution in [3.05, 3.63) is 108 Å². The van der Waals surface area contributed by atoms with Crippen molar-refractivity contribution < 1.29 is 0 Å². The smallest absolute Gasteiger partial charge is 0.00203 e. The molecule has 0 amide bonds. The van der Waals surface area contributed by atoms with E-state index < -0.39 is 0 Å². The van der Waals surface area contributed by atoms with Gasteiger partial charge in [-0.2, -0.15) is 0 Å². The minimum absolute atomic E-state index is 1.14. The van der Waals surface area contributed by atoms with Gasteiger partial charge < -0.3 is 0 Å². The number of hydrogen-bond donors (Lipinski definition) is 0. The first-order valence-electron chi connectivity index (χ1n) is 11.6. The minimum atomic E-state index is 1.14. The minimum Gasteiger partial charge on any atom is -0.0651 e. The van der Waals surface area contributed by atoms with E-state index in [4.69, 9.17) is 0 Å². The van der Waals surface area contributed by atoms with Gasteiger partial charge in [-0.1, -0.05) is 116 Å². The fourth-order valence-corrected chi connectivity index (χ4v) is 5.18. The van der Waals surface area contributed by atoms with Crippen LogP contribution in [0.1, 0.15) is 24.5 Å². The van der Waals surface area contributed by atoms with Crippen LogP contribution < -0.4 is 0 Å². The third kappa shape index (κ3) is 2.99. The average Bonchev–Trinajstić information content (AvgIpc) is 2.84. The maximum absolute atomic E-state index is 2.31. The van der Waals surface area contributed by atoms with Crippen LogP contribution in [0.25, 0.3) is 54.6 Å². The predicted octanol–water partition coefficient (Wildman–Crippen LogP) is 9.18. The number of benzene rings is 6. The second-order valence-electron chi connectivity index (χ2n) is 8.96. The lowest BCUT2D eigenvalue weighted by Crippen LogP contribution is -1.90. The molecule has 0 bridgehead atoms. The van der Waals surface area contributed by atoms with Crippen LogP contribution in [0.5, 0.6) is 0 Å². The second-order valence-corrected chi connectivity index (χ2v) is 8.96. The Bertz CT molecular complexity index is 1550. The summed E-state index contributed by atoms with van der Waals surface area (Å²) in [6.45, 7) is 4.38. The summed E-state index contributed by atoms with van der Waals surface area (Å²) in [4.78, 5) is 0. The van der Waals surface area contributed by atoms with E-state index in [9.17, 15) is 0 Å². The molecule has 0 heterocycles. The quantitative estimate of drug-likeness (QED) is 0.254. The van der Waals surface area contributed by atoms with Crippen LogP contribution in [-0.2, 0) is 6.42 Å². The van der Waals surface area contributed by atoms with Crippen LogP contribution in [0.2, 0.25) is 0 Å². The molecule has 0 heteroatoms. The fourth-order valence-electron chi connectivity index (χ4n) is 5.18. The molecule has 0 aromatic heterocycles. The first-order valence-corrected chi connectivity index (χ1v) is 11.6. The molecule has 0 radical (unpaired) electrons. The largest absolute Gasteiger partial charge is 0.0651 e. The molecule has 32 heavy (non-hydrogen) atoms. The van der Waals surface area contributed by atoms with Gasteiger partial charge in [0.2, 0.25) is 0 Å². The predicted molar refractivity (Wildman–Crippen MR) is 140 cm³/mol. The molecule has 6 rings (SSSR count). The molecular formula is C32H26. The highest BCUT2D eigenvalue weighted by Gasteiger charge is 2.14. The standard InChI is InChI=1S/C32H26/c1-3-4-22-7-11-24(12-8-22)28-18-14-26-15-19-29-27(23-9-5-21(2)6-10-23)17-13-25-16-20-30(28)32(26)31(25)29/h5-20H,3-4H2,1-2H3. The van der Waals surface area contributed by atoms with Gasteiger partial charge in [-0.15, -0.1) is 0 Å². The van der Waals surface area contributed by atoms with E-state index in [1.807, 2.05) is 0 Å². The van der Waals surface area contributed by atoms with Crippen LogP contribution >= 0.6 is 0 Å². The summed E-state index contributed by atoms with van der Waals surface area (Å²) >= 11 is 0. The third-order valence-electron chi connectivity index (χ3n) is 6.83. The molecule has 0 atom stereocenters. The zero-order valence-corrected chi connectivity index (χ0v) is 18.7. The van der Waals surface area contributed by atoms with Gasteiger partial charge in [-0.05, 0) is 73.5 Å². The van der Waals surface area contributed by atoms with E-state index in [1.54, 1.807) is 0 Å². The van der Waals surface area contributed by atoms with E-state index in [2.05, 4.69) is 111 Å². The second kappa shape index (κ2) is 7.50. The van der Waals surface area contributed by atoms with Crippen LogP contribution in [0, 0.1) is 6.92 Å². The SMILES string of the molecule is CCCc1ccc(-c2ccc3ccc4c(-c5ccc(C)cc5)ccc5ccc2c3c54)cc1. The van der Waals surface area contributed by atoms with Gasteiger partial charge in [0.05, 0.1) is 0 Å². The molecule has 0 fully saturated rings. The summed E-state index contributed by atoms with van der Waals surface area (Å²) in [5.41, 5.74) is 7.90. The van der Waals surface area contributed by atoms with Gasteiger partial charge in [-0.25, -0.2) is 0 Å². The Kier molecular flexibility index (Phi) is 4.47. The summed E-state index contributed by atoms with van der Waals surface area (Å²) < 4.78 is 0. The molecule has 0 aliphatic rings. The Morgan fingerprint density at radius 1 is 0.500 bits per heavy atom. The average molecular weight is 411 g/mol. The van der Waals surface area contributed by atoms with Crippen molar-refractivity contribution in [1.82, 2.24) is 0 Å². The summed E-state index contributed by atoms with van der Waals surface area (Å²) in [6.07, 6.45) is 2.32. The summed E-state index contributed by atoms with van der Waals surface area (Å²) in [5, 5.41) is 8.05. The van der Waals surface area contributed by atoms with E-state index >= 15 is 0 Å². The zero-order valence-electron chi connectivity index (χ0n) is 18.7. The maximum Gasteiger partial charge on any atom is -0.00203 e. The summed E-state index contributed by atoms with van der Waals surface area (Å²) in [7, 11) is 0. The highest BCUT2D eigenvalue weighted by Crippen LogP contribution is 2.42. The Hall–Kier alpha value is -3.64. The highest BCUT2D eigenvalue weighted by molar-refractivity contribution is 6.27. The first-order chi connectivity index (χ1) is 15.7. The molecule has 154 valence electrons. The zero-order chi connectivity index (χ0) is 21.7. The third-order valence-corrected chi connectivity index (χ3v) is 6.83. The van der Waals surface area contributed by atoms with Crippen molar-refractivity contribution in [1.29, 1.82) is 0 Å². The molecule has 6 aromatic rings. The molecule has 0 aliphatic carbocycles. The van der Waals surface area contributed by atoms with Gasteiger partial charge in [0, 0.05) is 0 Å². The molecule has 6 aromatic carbocycles. The van der Waals surface area contributed by atoms with Crippen LogP contribution in [0.3, 0.4) is 0 Å². The Labute approximate surface area is 189 Å². The van der Waals surface area contributed by atoms with E-state index in [-0.39, 0.29) is 0 Å². The van der Waals surface area contributed by atoms with Crippen LogP contribution in [0.4, 0.5) is 0 Å². The van der Waals surface area contributed by atoms with E-state index in [1.165, 1.54) is 72.1 Å². The number of aryl methyl sites for hydroxylation is 2. The van der Waals surface area contributed by atoms with Gasteiger partial charge >= 0.3 is 0 Å².